The molecule has 0 spiro atoms. The van der Waals surface area contributed by atoms with E-state index >= 15 is 0 Å². The smallest absolute Gasteiger partial charge is 0.261 e. The van der Waals surface area contributed by atoms with Crippen LogP contribution in [0.25, 0.3) is 0 Å². The molecule has 1 aliphatic rings. The maximum Gasteiger partial charge on any atom is 0.261 e. The summed E-state index contributed by atoms with van der Waals surface area (Å²) >= 11 is 1.46. The van der Waals surface area contributed by atoms with E-state index < -0.39 is 0 Å². The minimum Gasteiger partial charge on any atom is -0.398 e. The predicted octanol–water partition coefficient (Wildman–Crippen LogP) is 2.02. The molecule has 2 unspecified atom stereocenters. The molecule has 1 saturated carbocycles. The van der Waals surface area contributed by atoms with Gasteiger partial charge in [-0.2, -0.15) is 0 Å². The Labute approximate surface area is 93.7 Å². The summed E-state index contributed by atoms with van der Waals surface area (Å²) in [7, 11) is 0. The van der Waals surface area contributed by atoms with Crippen molar-refractivity contribution in [2.75, 3.05) is 12.3 Å². The average molecular weight is 224 g/mol. The van der Waals surface area contributed by atoms with Gasteiger partial charge in [-0.3, -0.25) is 4.79 Å². The molecule has 1 fully saturated rings. The molecule has 1 heterocycles. The monoisotopic (exact) mass is 224 g/mol. The van der Waals surface area contributed by atoms with E-state index in [2.05, 4.69) is 12.2 Å². The molecule has 0 bridgehead atoms. The molecule has 1 aliphatic carbocycles. The zero-order chi connectivity index (χ0) is 11.0. The lowest BCUT2D eigenvalue weighted by Crippen LogP contribution is -2.25. The summed E-state index contributed by atoms with van der Waals surface area (Å²) in [5.41, 5.74) is 6.41. The lowest BCUT2D eigenvalue weighted by atomic mass is 10.3. The molecular weight excluding hydrogens is 208 g/mol. The van der Waals surface area contributed by atoms with Crippen LogP contribution in [0.1, 0.15) is 27.9 Å². The van der Waals surface area contributed by atoms with Gasteiger partial charge in [-0.1, -0.05) is 6.92 Å². The van der Waals surface area contributed by atoms with Gasteiger partial charge in [0.2, 0.25) is 0 Å². The normalized spacial score (nSPS) is 23.9. The molecule has 0 aliphatic heterocycles. The maximum absolute atomic E-state index is 11.7. The molecule has 2 atom stereocenters. The van der Waals surface area contributed by atoms with Gasteiger partial charge < -0.3 is 11.1 Å². The Morgan fingerprint density at radius 1 is 1.73 bits per heavy atom. The van der Waals surface area contributed by atoms with Crippen LogP contribution in [0.5, 0.6) is 0 Å². The zero-order valence-corrected chi connectivity index (χ0v) is 9.86. The van der Waals surface area contributed by atoms with Crippen LogP contribution in [-0.4, -0.2) is 12.5 Å². The Morgan fingerprint density at radius 3 is 2.87 bits per heavy atom. The molecule has 0 saturated heterocycles. The van der Waals surface area contributed by atoms with Crippen molar-refractivity contribution in [2.24, 2.45) is 11.8 Å². The van der Waals surface area contributed by atoms with Gasteiger partial charge in [0, 0.05) is 17.1 Å². The van der Waals surface area contributed by atoms with Gasteiger partial charge in [0.1, 0.15) is 0 Å². The van der Waals surface area contributed by atoms with E-state index in [1.807, 2.05) is 6.92 Å². The molecular formula is C11H16N2OS. The van der Waals surface area contributed by atoms with Gasteiger partial charge in [0.05, 0.1) is 4.88 Å². The molecule has 4 heteroatoms. The quantitative estimate of drug-likeness (QED) is 0.825. The van der Waals surface area contributed by atoms with Crippen LogP contribution in [0.4, 0.5) is 5.69 Å². The van der Waals surface area contributed by atoms with Crippen LogP contribution < -0.4 is 11.1 Å². The first-order valence-electron chi connectivity index (χ1n) is 5.22. The van der Waals surface area contributed by atoms with Crippen molar-refractivity contribution in [2.45, 2.75) is 20.3 Å². The molecule has 1 aromatic rings. The number of thiophene rings is 1. The van der Waals surface area contributed by atoms with Crippen LogP contribution in [-0.2, 0) is 0 Å². The Bertz CT molecular complexity index is 366. The Morgan fingerprint density at radius 2 is 2.40 bits per heavy atom. The molecule has 3 nitrogen and oxygen atoms in total. The highest BCUT2D eigenvalue weighted by atomic mass is 32.1. The van der Waals surface area contributed by atoms with E-state index in [1.165, 1.54) is 17.8 Å². The Kier molecular flexibility index (Phi) is 2.69. The van der Waals surface area contributed by atoms with Crippen molar-refractivity contribution in [1.82, 2.24) is 5.32 Å². The van der Waals surface area contributed by atoms with Gasteiger partial charge in [0.15, 0.2) is 0 Å². The molecule has 82 valence electrons. The van der Waals surface area contributed by atoms with E-state index in [0.717, 1.165) is 22.2 Å². The average Bonchev–Trinajstić information content (AvgIpc) is 2.79. The molecule has 3 N–H and O–H groups in total. The number of aryl methyl sites for hydroxylation is 1. The van der Waals surface area contributed by atoms with Crippen molar-refractivity contribution in [3.8, 4) is 0 Å². The van der Waals surface area contributed by atoms with Gasteiger partial charge in [-0.15, -0.1) is 11.3 Å². The van der Waals surface area contributed by atoms with Gasteiger partial charge >= 0.3 is 0 Å². The van der Waals surface area contributed by atoms with Crippen LogP contribution >= 0.6 is 11.3 Å². The van der Waals surface area contributed by atoms with Crippen molar-refractivity contribution >= 4 is 22.9 Å². The minimum atomic E-state index is 0.0129. The van der Waals surface area contributed by atoms with Crippen LogP contribution in [0, 0.1) is 18.8 Å². The fraction of sp³-hybridized carbons (Fsp3) is 0.545. The summed E-state index contributed by atoms with van der Waals surface area (Å²) in [4.78, 5) is 13.4. The summed E-state index contributed by atoms with van der Waals surface area (Å²) in [6, 6.07) is 1.76. The summed E-state index contributed by atoms with van der Waals surface area (Å²) in [6.07, 6.45) is 1.24. The van der Waals surface area contributed by atoms with E-state index in [0.29, 0.717) is 11.6 Å². The van der Waals surface area contributed by atoms with E-state index in [4.69, 9.17) is 5.73 Å². The molecule has 15 heavy (non-hydrogen) atoms. The maximum atomic E-state index is 11.7. The minimum absolute atomic E-state index is 0.0129. The third-order valence-electron chi connectivity index (χ3n) is 2.98. The van der Waals surface area contributed by atoms with E-state index in [9.17, 15) is 4.79 Å². The lowest BCUT2D eigenvalue weighted by Gasteiger charge is -2.01. The first kappa shape index (κ1) is 10.5. The fourth-order valence-electron chi connectivity index (χ4n) is 1.60. The molecule has 1 amide bonds. The molecule has 2 rings (SSSR count). The van der Waals surface area contributed by atoms with Gasteiger partial charge in [-0.05, 0) is 31.2 Å². The second kappa shape index (κ2) is 3.85. The Balaban J connectivity index is 1.90. The van der Waals surface area contributed by atoms with Crippen LogP contribution in [0.3, 0.4) is 0 Å². The summed E-state index contributed by atoms with van der Waals surface area (Å²) in [6.45, 7) is 4.95. The van der Waals surface area contributed by atoms with Crippen LogP contribution in [0.2, 0.25) is 0 Å². The van der Waals surface area contributed by atoms with E-state index in [1.54, 1.807) is 6.07 Å². The number of hydrogen-bond acceptors (Lipinski definition) is 3. The van der Waals surface area contributed by atoms with Gasteiger partial charge in [0.25, 0.3) is 5.91 Å². The number of nitrogens with one attached hydrogen (secondary N) is 1. The van der Waals surface area contributed by atoms with Gasteiger partial charge in [-0.25, -0.2) is 0 Å². The third-order valence-corrected chi connectivity index (χ3v) is 4.05. The number of carbonyl (C=O) groups is 1. The number of amides is 1. The summed E-state index contributed by atoms with van der Waals surface area (Å²) < 4.78 is 0. The van der Waals surface area contributed by atoms with Crippen molar-refractivity contribution in [1.29, 1.82) is 0 Å². The van der Waals surface area contributed by atoms with Crippen molar-refractivity contribution in [3.05, 3.63) is 15.8 Å². The third kappa shape index (κ3) is 2.31. The van der Waals surface area contributed by atoms with E-state index in [-0.39, 0.29) is 5.91 Å². The number of anilines is 1. The highest BCUT2D eigenvalue weighted by Crippen LogP contribution is 2.36. The summed E-state index contributed by atoms with van der Waals surface area (Å²) in [5, 5.41) is 2.95. The van der Waals surface area contributed by atoms with Crippen LogP contribution in [0.15, 0.2) is 6.07 Å². The number of nitrogen functional groups attached to an aromatic ring is 1. The lowest BCUT2D eigenvalue weighted by molar-refractivity contribution is 0.0955. The first-order valence-corrected chi connectivity index (χ1v) is 6.03. The standard InChI is InChI=1S/C11H16N2OS/c1-6-3-8(6)5-13-11(14)10-4-9(12)7(2)15-10/h4,6,8H,3,5,12H2,1-2H3,(H,13,14). The second-order valence-corrected chi connectivity index (χ2v) is 5.56. The van der Waals surface area contributed by atoms with Crippen molar-refractivity contribution in [3.63, 3.8) is 0 Å². The van der Waals surface area contributed by atoms with Crippen molar-refractivity contribution < 1.29 is 4.79 Å². The molecule has 0 radical (unpaired) electrons. The highest BCUT2D eigenvalue weighted by Gasteiger charge is 2.32. The first-order chi connectivity index (χ1) is 7.08. The highest BCUT2D eigenvalue weighted by molar-refractivity contribution is 7.14. The number of nitrogens with two attached hydrogens (primary N) is 1. The Hall–Kier alpha value is -1.03. The molecule has 0 aromatic carbocycles. The number of hydrogen-bond donors (Lipinski definition) is 2. The second-order valence-electron chi connectivity index (χ2n) is 4.31. The molecule has 1 aromatic heterocycles. The number of rotatable bonds is 3. The predicted molar refractivity (Wildman–Crippen MR) is 63.1 cm³/mol. The largest absolute Gasteiger partial charge is 0.398 e. The SMILES string of the molecule is Cc1sc(C(=O)NCC2CC2C)cc1N. The summed E-state index contributed by atoms with van der Waals surface area (Å²) in [5.74, 6) is 1.48. The topological polar surface area (TPSA) is 55.1 Å². The fourth-order valence-corrected chi connectivity index (χ4v) is 2.46. The zero-order valence-electron chi connectivity index (χ0n) is 9.04. The number of carbonyl (C=O) groups excluding carboxylic acids is 1.